The monoisotopic (exact) mass is 321 g/mol. The Hall–Kier alpha value is -1.29. The summed E-state index contributed by atoms with van der Waals surface area (Å²) in [7, 11) is 1.85. The minimum atomic E-state index is -0.0169. The van der Waals surface area contributed by atoms with Crippen LogP contribution in [0.15, 0.2) is 27.1 Å². The number of rotatable bonds is 3. The van der Waals surface area contributed by atoms with Gasteiger partial charge in [0.25, 0.3) is 5.91 Å². The van der Waals surface area contributed by atoms with Gasteiger partial charge in [0, 0.05) is 29.0 Å². The average Bonchev–Trinajstić information content (AvgIpc) is 3.12. The first-order chi connectivity index (χ1) is 9.06. The van der Waals surface area contributed by atoms with Crippen LogP contribution in [-0.4, -0.2) is 24.4 Å². The van der Waals surface area contributed by atoms with E-state index in [-0.39, 0.29) is 5.91 Å². The van der Waals surface area contributed by atoms with Crippen molar-refractivity contribution in [3.63, 3.8) is 0 Å². The van der Waals surface area contributed by atoms with Crippen LogP contribution in [0.1, 0.15) is 29.0 Å². The number of nitrogens with zero attached hydrogens (tertiary/aromatic N) is 1. The average molecular weight is 322 g/mol. The van der Waals surface area contributed by atoms with E-state index in [1.807, 2.05) is 32.2 Å². The predicted octanol–water partition coefficient (Wildman–Crippen LogP) is 3.99. The Labute approximate surface area is 120 Å². The van der Waals surface area contributed by atoms with E-state index in [2.05, 4.69) is 15.9 Å². The number of amides is 1. The van der Waals surface area contributed by atoms with Crippen molar-refractivity contribution in [3.05, 3.63) is 34.0 Å². The van der Waals surface area contributed by atoms with Gasteiger partial charge in [0.1, 0.15) is 5.58 Å². The van der Waals surface area contributed by atoms with Crippen molar-refractivity contribution in [1.29, 1.82) is 0 Å². The summed E-state index contributed by atoms with van der Waals surface area (Å²) in [5.41, 5.74) is 1.69. The first-order valence-corrected chi connectivity index (χ1v) is 7.29. The minimum Gasteiger partial charge on any atom is -0.451 e. The van der Waals surface area contributed by atoms with Crippen LogP contribution in [0.25, 0.3) is 11.0 Å². The fraction of sp³-hybridized carbons (Fsp3) is 0.400. The third-order valence-corrected chi connectivity index (χ3v) is 4.16. The molecule has 0 atom stereocenters. The van der Waals surface area contributed by atoms with Crippen LogP contribution in [0, 0.1) is 12.8 Å². The van der Waals surface area contributed by atoms with Gasteiger partial charge in [-0.3, -0.25) is 4.79 Å². The van der Waals surface area contributed by atoms with Gasteiger partial charge in [0.2, 0.25) is 0 Å². The topological polar surface area (TPSA) is 33.5 Å². The molecule has 2 aromatic rings. The normalized spacial score (nSPS) is 14.9. The van der Waals surface area contributed by atoms with Gasteiger partial charge in [-0.05, 0) is 43.9 Å². The van der Waals surface area contributed by atoms with E-state index in [0.717, 1.165) is 27.6 Å². The second kappa shape index (κ2) is 4.67. The second-order valence-electron chi connectivity index (χ2n) is 5.33. The summed E-state index contributed by atoms with van der Waals surface area (Å²) in [4.78, 5) is 14.2. The molecule has 1 aliphatic rings. The second-order valence-corrected chi connectivity index (χ2v) is 6.24. The minimum absolute atomic E-state index is 0.0169. The molecular weight excluding hydrogens is 306 g/mol. The molecular formula is C15H16BrNO2. The van der Waals surface area contributed by atoms with Gasteiger partial charge in [0.15, 0.2) is 5.76 Å². The van der Waals surface area contributed by atoms with E-state index in [9.17, 15) is 4.79 Å². The summed E-state index contributed by atoms with van der Waals surface area (Å²) in [6, 6.07) is 5.85. The van der Waals surface area contributed by atoms with E-state index in [1.165, 1.54) is 12.8 Å². The van der Waals surface area contributed by atoms with Gasteiger partial charge in [0.05, 0.1) is 0 Å². The molecule has 19 heavy (non-hydrogen) atoms. The molecule has 3 rings (SSSR count). The van der Waals surface area contributed by atoms with Gasteiger partial charge >= 0.3 is 0 Å². The summed E-state index contributed by atoms with van der Waals surface area (Å²) >= 11 is 3.42. The number of fused-ring (bicyclic) bond motifs is 1. The molecule has 0 radical (unpaired) electrons. The van der Waals surface area contributed by atoms with E-state index in [0.29, 0.717) is 11.7 Å². The highest BCUT2D eigenvalue weighted by atomic mass is 79.9. The standard InChI is InChI=1S/C15H16BrNO2/c1-9-12-6-5-11(16)7-13(12)19-14(9)15(18)17(2)8-10-3-4-10/h5-7,10H,3-4,8H2,1-2H3. The Morgan fingerprint density at radius 3 is 2.89 bits per heavy atom. The van der Waals surface area contributed by atoms with E-state index < -0.39 is 0 Å². The molecule has 1 fully saturated rings. The molecule has 1 heterocycles. The zero-order chi connectivity index (χ0) is 13.6. The first kappa shape index (κ1) is 12.7. The lowest BCUT2D eigenvalue weighted by Crippen LogP contribution is -2.28. The van der Waals surface area contributed by atoms with Crippen molar-refractivity contribution in [1.82, 2.24) is 4.90 Å². The quantitative estimate of drug-likeness (QED) is 0.856. The van der Waals surface area contributed by atoms with Gasteiger partial charge in [-0.2, -0.15) is 0 Å². The lowest BCUT2D eigenvalue weighted by Gasteiger charge is -2.15. The van der Waals surface area contributed by atoms with Crippen LogP contribution in [0.5, 0.6) is 0 Å². The molecule has 1 aromatic heterocycles. The maximum atomic E-state index is 12.4. The SMILES string of the molecule is Cc1c(C(=O)N(C)CC2CC2)oc2cc(Br)ccc12. The molecule has 1 aromatic carbocycles. The Bertz CT molecular complexity index is 643. The zero-order valence-electron chi connectivity index (χ0n) is 11.1. The predicted molar refractivity (Wildman–Crippen MR) is 78.3 cm³/mol. The number of hydrogen-bond donors (Lipinski definition) is 0. The van der Waals surface area contributed by atoms with Crippen LogP contribution in [-0.2, 0) is 0 Å². The molecule has 0 spiro atoms. The number of carbonyl (C=O) groups is 1. The molecule has 1 amide bonds. The lowest BCUT2D eigenvalue weighted by atomic mass is 10.1. The van der Waals surface area contributed by atoms with Crippen LogP contribution in [0.4, 0.5) is 0 Å². The van der Waals surface area contributed by atoms with Crippen molar-refractivity contribution in [2.45, 2.75) is 19.8 Å². The number of carbonyl (C=O) groups excluding carboxylic acids is 1. The number of aryl methyl sites for hydroxylation is 1. The fourth-order valence-electron chi connectivity index (χ4n) is 2.35. The Morgan fingerprint density at radius 2 is 2.21 bits per heavy atom. The van der Waals surface area contributed by atoms with Crippen LogP contribution in [0.2, 0.25) is 0 Å². The summed E-state index contributed by atoms with van der Waals surface area (Å²) < 4.78 is 6.70. The van der Waals surface area contributed by atoms with Crippen LogP contribution < -0.4 is 0 Å². The van der Waals surface area contributed by atoms with Gasteiger partial charge < -0.3 is 9.32 Å². The first-order valence-electron chi connectivity index (χ1n) is 6.50. The van der Waals surface area contributed by atoms with Crippen LogP contribution >= 0.6 is 15.9 Å². The van der Waals surface area contributed by atoms with E-state index in [4.69, 9.17) is 4.42 Å². The number of furan rings is 1. The molecule has 0 saturated heterocycles. The Balaban J connectivity index is 1.94. The van der Waals surface area contributed by atoms with E-state index >= 15 is 0 Å². The highest BCUT2D eigenvalue weighted by Gasteiger charge is 2.27. The molecule has 100 valence electrons. The van der Waals surface area contributed by atoms with E-state index in [1.54, 1.807) is 4.90 Å². The highest BCUT2D eigenvalue weighted by Crippen LogP contribution is 2.31. The summed E-state index contributed by atoms with van der Waals surface area (Å²) in [6.45, 7) is 2.77. The molecule has 1 saturated carbocycles. The van der Waals surface area contributed by atoms with Crippen molar-refractivity contribution in [2.24, 2.45) is 5.92 Å². The molecule has 3 nitrogen and oxygen atoms in total. The lowest BCUT2D eigenvalue weighted by molar-refractivity contribution is 0.0758. The molecule has 0 bridgehead atoms. The highest BCUT2D eigenvalue weighted by molar-refractivity contribution is 9.10. The van der Waals surface area contributed by atoms with Crippen LogP contribution in [0.3, 0.4) is 0 Å². The van der Waals surface area contributed by atoms with Crippen molar-refractivity contribution < 1.29 is 9.21 Å². The number of halogens is 1. The van der Waals surface area contributed by atoms with Gasteiger partial charge in [-0.15, -0.1) is 0 Å². The maximum Gasteiger partial charge on any atom is 0.289 e. The number of benzene rings is 1. The summed E-state index contributed by atoms with van der Waals surface area (Å²) in [5.74, 6) is 1.14. The molecule has 0 aliphatic heterocycles. The summed E-state index contributed by atoms with van der Waals surface area (Å²) in [5, 5.41) is 1.01. The van der Waals surface area contributed by atoms with Gasteiger partial charge in [-0.1, -0.05) is 15.9 Å². The van der Waals surface area contributed by atoms with Crippen molar-refractivity contribution in [3.8, 4) is 0 Å². The molecule has 0 N–H and O–H groups in total. The van der Waals surface area contributed by atoms with Gasteiger partial charge in [-0.25, -0.2) is 0 Å². The third kappa shape index (κ3) is 2.41. The molecule has 0 unspecified atom stereocenters. The Kier molecular flexibility index (Phi) is 3.13. The fourth-order valence-corrected chi connectivity index (χ4v) is 2.69. The van der Waals surface area contributed by atoms with Crippen molar-refractivity contribution >= 4 is 32.8 Å². The van der Waals surface area contributed by atoms with Crippen molar-refractivity contribution in [2.75, 3.05) is 13.6 Å². The maximum absolute atomic E-state index is 12.4. The molecule has 1 aliphatic carbocycles. The smallest absolute Gasteiger partial charge is 0.289 e. The number of hydrogen-bond acceptors (Lipinski definition) is 2. The largest absolute Gasteiger partial charge is 0.451 e. The Morgan fingerprint density at radius 1 is 1.47 bits per heavy atom. The summed E-state index contributed by atoms with van der Waals surface area (Å²) in [6.07, 6.45) is 2.48. The third-order valence-electron chi connectivity index (χ3n) is 3.67. The zero-order valence-corrected chi connectivity index (χ0v) is 12.7. The molecule has 4 heteroatoms.